The maximum absolute atomic E-state index is 11.2. The Morgan fingerprint density at radius 3 is 2.12 bits per heavy atom. The second-order valence-electron chi connectivity index (χ2n) is 3.14. The molecule has 0 aliphatic carbocycles. The Bertz CT molecular complexity index is 403. The highest BCUT2D eigenvalue weighted by Crippen LogP contribution is 2.18. The van der Waals surface area contributed by atoms with Crippen molar-refractivity contribution in [3.05, 3.63) is 28.8 Å². The van der Waals surface area contributed by atoms with E-state index >= 15 is 0 Å². The summed E-state index contributed by atoms with van der Waals surface area (Å²) in [5.74, 6) is -1.49. The van der Waals surface area contributed by atoms with Crippen molar-refractivity contribution in [2.45, 2.75) is 6.92 Å². The lowest BCUT2D eigenvalue weighted by molar-refractivity contribution is 0.0698. The van der Waals surface area contributed by atoms with E-state index in [1.54, 1.807) is 6.92 Å². The summed E-state index contributed by atoms with van der Waals surface area (Å²) in [6.07, 6.45) is 0. The topological polar surface area (TPSA) is 125 Å². The van der Waals surface area contributed by atoms with E-state index in [0.29, 0.717) is 5.56 Å². The van der Waals surface area contributed by atoms with Gasteiger partial charge in [0.25, 0.3) is 11.8 Å². The first kappa shape index (κ1) is 12.0. The number of nitrogen functional groups attached to an aromatic ring is 1. The lowest BCUT2D eigenvalue weighted by Crippen LogP contribution is -2.23. The van der Waals surface area contributed by atoms with E-state index in [9.17, 15) is 9.59 Å². The molecule has 0 aliphatic heterocycles. The smallest absolute Gasteiger partial charge is 0.276 e. The normalized spacial score (nSPS) is 9.69. The number of hydroxylamine groups is 2. The fourth-order valence-corrected chi connectivity index (χ4v) is 1.29. The van der Waals surface area contributed by atoms with E-state index in [0.717, 1.165) is 0 Å². The predicted octanol–water partition coefficient (Wildman–Crippen LogP) is -0.185. The lowest BCUT2D eigenvalue weighted by Gasteiger charge is -2.09. The SMILES string of the molecule is Cc1cc(C(=O)NO)c(N)cc1C(=O)NO. The maximum Gasteiger partial charge on any atom is 0.276 e. The van der Waals surface area contributed by atoms with Crippen LogP contribution >= 0.6 is 0 Å². The van der Waals surface area contributed by atoms with Gasteiger partial charge in [0.2, 0.25) is 0 Å². The molecule has 0 unspecified atom stereocenters. The zero-order chi connectivity index (χ0) is 12.3. The van der Waals surface area contributed by atoms with Gasteiger partial charge >= 0.3 is 0 Å². The summed E-state index contributed by atoms with van der Waals surface area (Å²) in [5.41, 5.74) is 9.10. The van der Waals surface area contributed by atoms with E-state index in [1.165, 1.54) is 23.1 Å². The van der Waals surface area contributed by atoms with Crippen LogP contribution < -0.4 is 16.7 Å². The molecule has 0 aromatic heterocycles. The number of hydrogen-bond donors (Lipinski definition) is 5. The molecule has 2 amide bonds. The minimum atomic E-state index is -0.767. The Balaban J connectivity index is 3.27. The average molecular weight is 225 g/mol. The molecule has 0 atom stereocenters. The van der Waals surface area contributed by atoms with E-state index in [2.05, 4.69) is 0 Å². The molecule has 86 valence electrons. The number of rotatable bonds is 2. The maximum atomic E-state index is 11.2. The van der Waals surface area contributed by atoms with Gasteiger partial charge in [-0.1, -0.05) is 0 Å². The molecule has 0 heterocycles. The van der Waals surface area contributed by atoms with Crippen molar-refractivity contribution in [2.75, 3.05) is 5.73 Å². The third-order valence-electron chi connectivity index (χ3n) is 2.09. The Kier molecular flexibility index (Phi) is 3.44. The van der Waals surface area contributed by atoms with Gasteiger partial charge in [0, 0.05) is 11.3 Å². The summed E-state index contributed by atoms with van der Waals surface area (Å²) in [7, 11) is 0. The molecule has 16 heavy (non-hydrogen) atoms. The molecule has 1 aromatic carbocycles. The lowest BCUT2D eigenvalue weighted by atomic mass is 10.0. The van der Waals surface area contributed by atoms with Crippen LogP contribution in [-0.2, 0) is 0 Å². The van der Waals surface area contributed by atoms with E-state index in [-0.39, 0.29) is 16.8 Å². The minimum absolute atomic E-state index is 0.0238. The molecule has 0 saturated heterocycles. The number of nitrogens with one attached hydrogen (secondary N) is 2. The summed E-state index contributed by atoms with van der Waals surface area (Å²) in [6, 6.07) is 2.58. The summed E-state index contributed by atoms with van der Waals surface area (Å²) < 4.78 is 0. The highest BCUT2D eigenvalue weighted by Gasteiger charge is 2.15. The first-order valence-corrected chi connectivity index (χ1v) is 4.30. The highest BCUT2D eigenvalue weighted by molar-refractivity contribution is 6.02. The molecule has 0 aliphatic rings. The third-order valence-corrected chi connectivity index (χ3v) is 2.09. The van der Waals surface area contributed by atoms with Crippen LogP contribution in [0, 0.1) is 6.92 Å². The van der Waals surface area contributed by atoms with Gasteiger partial charge in [-0.2, -0.15) is 0 Å². The van der Waals surface area contributed by atoms with Crippen molar-refractivity contribution in [3.63, 3.8) is 0 Å². The average Bonchev–Trinajstić information content (AvgIpc) is 2.29. The van der Waals surface area contributed by atoms with E-state index in [4.69, 9.17) is 16.1 Å². The Morgan fingerprint density at radius 1 is 1.12 bits per heavy atom. The summed E-state index contributed by atoms with van der Waals surface area (Å²) >= 11 is 0. The molecule has 0 radical (unpaired) electrons. The molecule has 7 heteroatoms. The molecule has 0 bridgehead atoms. The number of hydrogen-bond acceptors (Lipinski definition) is 5. The minimum Gasteiger partial charge on any atom is -0.398 e. The summed E-state index contributed by atoms with van der Waals surface area (Å²) in [4.78, 5) is 22.3. The molecule has 6 N–H and O–H groups in total. The van der Waals surface area contributed by atoms with E-state index < -0.39 is 11.8 Å². The molecule has 0 saturated carbocycles. The second-order valence-corrected chi connectivity index (χ2v) is 3.14. The van der Waals surface area contributed by atoms with Crippen LogP contribution in [0.1, 0.15) is 26.3 Å². The first-order valence-electron chi connectivity index (χ1n) is 4.30. The van der Waals surface area contributed by atoms with Crippen molar-refractivity contribution < 1.29 is 20.0 Å². The van der Waals surface area contributed by atoms with Crippen molar-refractivity contribution in [2.24, 2.45) is 0 Å². The Labute approximate surface area is 90.8 Å². The van der Waals surface area contributed by atoms with Gasteiger partial charge in [-0.3, -0.25) is 20.0 Å². The fraction of sp³-hybridized carbons (Fsp3) is 0.111. The second kappa shape index (κ2) is 4.60. The van der Waals surface area contributed by atoms with Crippen LogP contribution in [0.3, 0.4) is 0 Å². The number of anilines is 1. The number of carbonyl (C=O) groups is 2. The predicted molar refractivity (Wildman–Crippen MR) is 54.1 cm³/mol. The Hall–Kier alpha value is -2.12. The third kappa shape index (κ3) is 2.10. The zero-order valence-corrected chi connectivity index (χ0v) is 8.44. The number of benzene rings is 1. The molecule has 7 nitrogen and oxygen atoms in total. The van der Waals surface area contributed by atoms with Crippen LogP contribution in [0.5, 0.6) is 0 Å². The van der Waals surface area contributed by atoms with Crippen LogP contribution in [0.2, 0.25) is 0 Å². The molecular weight excluding hydrogens is 214 g/mol. The number of carbonyl (C=O) groups excluding carboxylic acids is 2. The summed E-state index contributed by atoms with van der Waals surface area (Å²) in [5, 5.41) is 16.9. The van der Waals surface area contributed by atoms with Crippen LogP contribution in [0.25, 0.3) is 0 Å². The van der Waals surface area contributed by atoms with Crippen molar-refractivity contribution in [3.8, 4) is 0 Å². The molecular formula is C9H11N3O4. The Morgan fingerprint density at radius 2 is 1.62 bits per heavy atom. The van der Waals surface area contributed by atoms with Crippen LogP contribution in [0.15, 0.2) is 12.1 Å². The fourth-order valence-electron chi connectivity index (χ4n) is 1.29. The van der Waals surface area contributed by atoms with Crippen molar-refractivity contribution in [1.29, 1.82) is 0 Å². The quantitative estimate of drug-likeness (QED) is 0.271. The van der Waals surface area contributed by atoms with Crippen LogP contribution in [0.4, 0.5) is 5.69 Å². The zero-order valence-electron chi connectivity index (χ0n) is 8.44. The van der Waals surface area contributed by atoms with Gasteiger partial charge < -0.3 is 5.73 Å². The molecule has 1 rings (SSSR count). The molecule has 0 spiro atoms. The van der Waals surface area contributed by atoms with Gasteiger partial charge in [-0.25, -0.2) is 11.0 Å². The summed E-state index contributed by atoms with van der Waals surface area (Å²) in [6.45, 7) is 1.57. The monoisotopic (exact) mass is 225 g/mol. The van der Waals surface area contributed by atoms with Crippen LogP contribution in [-0.4, -0.2) is 22.2 Å². The highest BCUT2D eigenvalue weighted by atomic mass is 16.5. The van der Waals surface area contributed by atoms with E-state index in [1.807, 2.05) is 0 Å². The van der Waals surface area contributed by atoms with Crippen molar-refractivity contribution >= 4 is 17.5 Å². The van der Waals surface area contributed by atoms with Gasteiger partial charge in [-0.15, -0.1) is 0 Å². The largest absolute Gasteiger partial charge is 0.398 e. The molecule has 1 aromatic rings. The van der Waals surface area contributed by atoms with Gasteiger partial charge in [-0.05, 0) is 24.6 Å². The first-order chi connectivity index (χ1) is 7.51. The number of amides is 2. The van der Waals surface area contributed by atoms with Gasteiger partial charge in [0.15, 0.2) is 0 Å². The number of nitrogens with two attached hydrogens (primary N) is 1. The van der Waals surface area contributed by atoms with Gasteiger partial charge in [0.1, 0.15) is 0 Å². The van der Waals surface area contributed by atoms with Gasteiger partial charge in [0.05, 0.1) is 5.56 Å². The molecule has 0 fully saturated rings. The number of aryl methyl sites for hydroxylation is 1. The standard InChI is InChI=1S/C9H11N3O4/c1-4-2-6(9(14)12-16)7(10)3-5(4)8(13)11-15/h2-3,15-16H,10H2,1H3,(H,11,13)(H,12,14). The van der Waals surface area contributed by atoms with Crippen molar-refractivity contribution in [1.82, 2.24) is 11.0 Å².